The maximum atomic E-state index is 13.9. The van der Waals surface area contributed by atoms with E-state index in [2.05, 4.69) is 15.7 Å². The zero-order chi connectivity index (χ0) is 16.4. The van der Waals surface area contributed by atoms with Gasteiger partial charge in [0, 0.05) is 37.3 Å². The number of carbonyl (C=O) groups excluding carboxylic acids is 1. The van der Waals surface area contributed by atoms with Crippen molar-refractivity contribution >= 4 is 5.91 Å². The van der Waals surface area contributed by atoms with Gasteiger partial charge in [0.1, 0.15) is 11.5 Å². The largest absolute Gasteiger partial charge is 0.350 e. The summed E-state index contributed by atoms with van der Waals surface area (Å²) < 4.78 is 15.2. The van der Waals surface area contributed by atoms with Gasteiger partial charge in [0.05, 0.1) is 0 Å². The molecule has 0 atom stereocenters. The molecule has 2 N–H and O–H groups in total. The highest BCUT2D eigenvalue weighted by Gasteiger charge is 2.20. The summed E-state index contributed by atoms with van der Waals surface area (Å²) in [7, 11) is 0. The van der Waals surface area contributed by atoms with Gasteiger partial charge in [-0.1, -0.05) is 12.1 Å². The Labute approximate surface area is 132 Å². The molecule has 0 spiro atoms. The molecule has 23 heavy (non-hydrogen) atoms. The fourth-order valence-corrected chi connectivity index (χ4v) is 2.39. The molecule has 2 aromatic rings. The minimum absolute atomic E-state index is 0.197. The molecule has 1 aromatic carbocycles. The Morgan fingerprint density at radius 3 is 2.83 bits per heavy atom. The number of aromatic nitrogens is 2. The van der Waals surface area contributed by atoms with Crippen LogP contribution in [0, 0.1) is 18.7 Å². The summed E-state index contributed by atoms with van der Waals surface area (Å²) >= 11 is 0. The maximum Gasteiger partial charge on any atom is 0.275 e. The van der Waals surface area contributed by atoms with Crippen LogP contribution in [0.4, 0.5) is 4.39 Å². The van der Waals surface area contributed by atoms with E-state index < -0.39 is 17.2 Å². The van der Waals surface area contributed by atoms with Crippen LogP contribution in [0.1, 0.15) is 16.2 Å². The lowest BCUT2D eigenvalue weighted by molar-refractivity contribution is 0.0934. The number of carbonyl (C=O) groups is 1. The third kappa shape index (κ3) is 3.14. The standard InChI is InChI=1S/C16H17FN4O2/c1-10-6-14(22)15(16(23)19-9-11-7-18-8-11)20-21(10)13-5-3-2-4-12(13)17/h2-6,11,18H,7-9H2,1H3,(H,19,23). The molecule has 1 saturated heterocycles. The summed E-state index contributed by atoms with van der Waals surface area (Å²) in [5.41, 5.74) is -0.0486. The topological polar surface area (TPSA) is 76.0 Å². The minimum Gasteiger partial charge on any atom is -0.350 e. The first kappa shape index (κ1) is 15.4. The summed E-state index contributed by atoms with van der Waals surface area (Å²) in [5.74, 6) is -0.635. The molecule has 0 unspecified atom stereocenters. The van der Waals surface area contributed by atoms with Crippen LogP contribution in [-0.2, 0) is 0 Å². The van der Waals surface area contributed by atoms with Crippen LogP contribution < -0.4 is 16.1 Å². The molecule has 0 radical (unpaired) electrons. The van der Waals surface area contributed by atoms with Crippen LogP contribution in [0.2, 0.25) is 0 Å². The van der Waals surface area contributed by atoms with Crippen molar-refractivity contribution in [1.82, 2.24) is 20.4 Å². The number of hydrogen-bond donors (Lipinski definition) is 2. The number of benzene rings is 1. The van der Waals surface area contributed by atoms with Crippen LogP contribution in [0.3, 0.4) is 0 Å². The molecular weight excluding hydrogens is 299 g/mol. The summed E-state index contributed by atoms with van der Waals surface area (Å²) in [6, 6.07) is 7.37. The van der Waals surface area contributed by atoms with Crippen molar-refractivity contribution in [2.45, 2.75) is 6.92 Å². The van der Waals surface area contributed by atoms with Crippen molar-refractivity contribution in [1.29, 1.82) is 0 Å². The predicted octanol–water partition coefficient (Wildman–Crippen LogP) is 0.629. The lowest BCUT2D eigenvalue weighted by Crippen LogP contribution is -2.48. The zero-order valence-electron chi connectivity index (χ0n) is 12.7. The second-order valence-electron chi connectivity index (χ2n) is 5.60. The Balaban J connectivity index is 1.91. The lowest BCUT2D eigenvalue weighted by atomic mass is 10.0. The molecule has 1 aliphatic rings. The first-order valence-electron chi connectivity index (χ1n) is 7.41. The van der Waals surface area contributed by atoms with E-state index in [0.29, 0.717) is 18.2 Å². The second-order valence-corrected chi connectivity index (χ2v) is 5.60. The van der Waals surface area contributed by atoms with Gasteiger partial charge in [0.25, 0.3) is 5.91 Å². The van der Waals surface area contributed by atoms with Crippen molar-refractivity contribution in [3.05, 3.63) is 57.8 Å². The molecule has 1 fully saturated rings. The summed E-state index contributed by atoms with van der Waals surface area (Å²) in [4.78, 5) is 24.2. The van der Waals surface area contributed by atoms with Gasteiger partial charge in [0.2, 0.25) is 5.43 Å². The van der Waals surface area contributed by atoms with Gasteiger partial charge in [-0.15, -0.1) is 0 Å². The second kappa shape index (κ2) is 6.29. The molecule has 120 valence electrons. The summed E-state index contributed by atoms with van der Waals surface area (Å²) in [6.45, 7) is 3.82. The van der Waals surface area contributed by atoms with Gasteiger partial charge >= 0.3 is 0 Å². The molecule has 0 bridgehead atoms. The number of aryl methyl sites for hydroxylation is 1. The molecule has 6 nitrogen and oxygen atoms in total. The summed E-state index contributed by atoms with van der Waals surface area (Å²) in [5, 5.41) is 9.87. The molecule has 1 amide bonds. The highest BCUT2D eigenvalue weighted by Crippen LogP contribution is 2.13. The van der Waals surface area contributed by atoms with Crippen molar-refractivity contribution in [2.24, 2.45) is 5.92 Å². The third-order valence-corrected chi connectivity index (χ3v) is 3.82. The molecule has 0 saturated carbocycles. The first-order chi connectivity index (χ1) is 11.1. The Bertz CT molecular complexity index is 799. The van der Waals surface area contributed by atoms with E-state index >= 15 is 0 Å². The van der Waals surface area contributed by atoms with Gasteiger partial charge in [0.15, 0.2) is 5.69 Å². The highest BCUT2D eigenvalue weighted by molar-refractivity contribution is 5.92. The van der Waals surface area contributed by atoms with Gasteiger partial charge in [-0.2, -0.15) is 5.10 Å². The van der Waals surface area contributed by atoms with Crippen LogP contribution >= 0.6 is 0 Å². The highest BCUT2D eigenvalue weighted by atomic mass is 19.1. The van der Waals surface area contributed by atoms with Crippen molar-refractivity contribution in [3.63, 3.8) is 0 Å². The number of halogens is 1. The minimum atomic E-state index is -0.535. The fraction of sp³-hybridized carbons (Fsp3) is 0.312. The van der Waals surface area contributed by atoms with E-state index in [4.69, 9.17) is 0 Å². The number of hydrogen-bond acceptors (Lipinski definition) is 4. The Hall–Kier alpha value is -2.54. The molecule has 2 heterocycles. The zero-order valence-corrected chi connectivity index (χ0v) is 12.7. The van der Waals surface area contributed by atoms with Gasteiger partial charge < -0.3 is 10.6 Å². The average Bonchev–Trinajstić information content (AvgIpc) is 2.46. The Morgan fingerprint density at radius 2 is 2.17 bits per heavy atom. The van der Waals surface area contributed by atoms with Gasteiger partial charge in [-0.3, -0.25) is 9.59 Å². The normalized spacial score (nSPS) is 14.3. The molecular formula is C16H17FN4O2. The monoisotopic (exact) mass is 316 g/mol. The van der Waals surface area contributed by atoms with Crippen LogP contribution in [0.5, 0.6) is 0 Å². The third-order valence-electron chi connectivity index (χ3n) is 3.82. The van der Waals surface area contributed by atoms with Crippen LogP contribution in [0.15, 0.2) is 35.1 Å². The van der Waals surface area contributed by atoms with Crippen molar-refractivity contribution < 1.29 is 9.18 Å². The number of nitrogens with one attached hydrogen (secondary N) is 2. The molecule has 1 aliphatic heterocycles. The Kier molecular flexibility index (Phi) is 4.20. The lowest BCUT2D eigenvalue weighted by Gasteiger charge is -2.26. The SMILES string of the molecule is Cc1cc(=O)c(C(=O)NCC2CNC2)nn1-c1ccccc1F. The smallest absolute Gasteiger partial charge is 0.275 e. The Morgan fingerprint density at radius 1 is 1.43 bits per heavy atom. The molecule has 3 rings (SSSR count). The van der Waals surface area contributed by atoms with Gasteiger partial charge in [-0.25, -0.2) is 9.07 Å². The first-order valence-corrected chi connectivity index (χ1v) is 7.41. The van der Waals surface area contributed by atoms with Crippen LogP contribution in [-0.4, -0.2) is 35.3 Å². The number of amides is 1. The van der Waals surface area contributed by atoms with Crippen molar-refractivity contribution in [3.8, 4) is 5.69 Å². The average molecular weight is 316 g/mol. The summed E-state index contributed by atoms with van der Waals surface area (Å²) in [6.07, 6.45) is 0. The van der Waals surface area contributed by atoms with E-state index in [1.807, 2.05) is 0 Å². The maximum absolute atomic E-state index is 13.9. The number of rotatable bonds is 4. The van der Waals surface area contributed by atoms with E-state index in [1.54, 1.807) is 25.1 Å². The molecule has 1 aromatic heterocycles. The number of para-hydroxylation sites is 1. The fourth-order valence-electron chi connectivity index (χ4n) is 2.39. The van der Waals surface area contributed by atoms with Crippen LogP contribution in [0.25, 0.3) is 5.69 Å². The van der Waals surface area contributed by atoms with Gasteiger partial charge in [-0.05, 0) is 19.1 Å². The van der Waals surface area contributed by atoms with E-state index in [9.17, 15) is 14.0 Å². The van der Waals surface area contributed by atoms with E-state index in [1.165, 1.54) is 16.8 Å². The predicted molar refractivity (Wildman–Crippen MR) is 83.2 cm³/mol. The van der Waals surface area contributed by atoms with E-state index in [0.717, 1.165) is 13.1 Å². The van der Waals surface area contributed by atoms with Crippen molar-refractivity contribution in [2.75, 3.05) is 19.6 Å². The molecule has 0 aliphatic carbocycles. The molecule has 7 heteroatoms. The number of nitrogens with zero attached hydrogens (tertiary/aromatic N) is 2. The quantitative estimate of drug-likeness (QED) is 0.867. The van der Waals surface area contributed by atoms with E-state index in [-0.39, 0.29) is 11.4 Å².